The summed E-state index contributed by atoms with van der Waals surface area (Å²) in [6.45, 7) is 3.72. The number of rotatable bonds is 3. The van der Waals surface area contributed by atoms with Crippen LogP contribution < -0.4 is 4.90 Å². The molecular weight excluding hydrogens is 276 g/mol. The standard InChI is InChI=1S/C13H16N4O2S/c1-9-14-15-13(20-9)16-7-4-10(5-8-16)17-6-2-3-11(17)12(18)19/h2-3,6,10H,4-5,7-8H2,1H3,(H,18,19). The van der Waals surface area contributed by atoms with Gasteiger partial charge in [0, 0.05) is 25.3 Å². The van der Waals surface area contributed by atoms with Crippen LogP contribution in [0.1, 0.15) is 34.4 Å². The van der Waals surface area contributed by atoms with Gasteiger partial charge in [0.2, 0.25) is 5.13 Å². The second kappa shape index (κ2) is 5.24. The fourth-order valence-electron chi connectivity index (χ4n) is 2.64. The van der Waals surface area contributed by atoms with Gasteiger partial charge < -0.3 is 14.6 Å². The largest absolute Gasteiger partial charge is 0.477 e. The minimum absolute atomic E-state index is 0.251. The summed E-state index contributed by atoms with van der Waals surface area (Å²) in [6, 6.07) is 3.70. The van der Waals surface area contributed by atoms with Crippen molar-refractivity contribution in [1.29, 1.82) is 0 Å². The summed E-state index contributed by atoms with van der Waals surface area (Å²) in [5.41, 5.74) is 0.371. The van der Waals surface area contributed by atoms with Crippen molar-refractivity contribution >= 4 is 22.4 Å². The van der Waals surface area contributed by atoms with E-state index in [1.54, 1.807) is 23.5 Å². The van der Waals surface area contributed by atoms with Crippen molar-refractivity contribution in [2.45, 2.75) is 25.8 Å². The van der Waals surface area contributed by atoms with Gasteiger partial charge in [-0.2, -0.15) is 0 Å². The lowest BCUT2D eigenvalue weighted by atomic mass is 10.1. The molecule has 0 unspecified atom stereocenters. The van der Waals surface area contributed by atoms with E-state index in [0.717, 1.165) is 36.1 Å². The van der Waals surface area contributed by atoms with Crippen molar-refractivity contribution in [2.24, 2.45) is 0 Å². The van der Waals surface area contributed by atoms with Crippen molar-refractivity contribution in [2.75, 3.05) is 18.0 Å². The summed E-state index contributed by atoms with van der Waals surface area (Å²) in [6.07, 6.45) is 3.71. The molecule has 0 aliphatic carbocycles. The van der Waals surface area contributed by atoms with E-state index in [-0.39, 0.29) is 6.04 Å². The van der Waals surface area contributed by atoms with Gasteiger partial charge in [-0.3, -0.25) is 0 Å². The Labute approximate surface area is 120 Å². The third-order valence-corrected chi connectivity index (χ3v) is 4.54. The number of hydrogen-bond acceptors (Lipinski definition) is 5. The predicted octanol–water partition coefficient (Wildman–Crippen LogP) is 2.19. The van der Waals surface area contributed by atoms with Gasteiger partial charge >= 0.3 is 5.97 Å². The van der Waals surface area contributed by atoms with E-state index in [1.807, 2.05) is 17.7 Å². The Morgan fingerprint density at radius 2 is 2.15 bits per heavy atom. The van der Waals surface area contributed by atoms with E-state index >= 15 is 0 Å². The van der Waals surface area contributed by atoms with Crippen molar-refractivity contribution in [3.8, 4) is 0 Å². The Morgan fingerprint density at radius 1 is 1.40 bits per heavy atom. The number of aromatic carboxylic acids is 1. The molecule has 1 N–H and O–H groups in total. The summed E-state index contributed by atoms with van der Waals surface area (Å²) >= 11 is 1.60. The Balaban J connectivity index is 1.69. The van der Waals surface area contributed by atoms with Crippen LogP contribution in [0, 0.1) is 6.92 Å². The highest BCUT2D eigenvalue weighted by atomic mass is 32.1. The van der Waals surface area contributed by atoms with E-state index in [0.29, 0.717) is 5.69 Å². The fourth-order valence-corrected chi connectivity index (χ4v) is 3.38. The molecule has 1 saturated heterocycles. The number of anilines is 1. The molecule has 0 radical (unpaired) electrons. The van der Waals surface area contributed by atoms with Crippen LogP contribution in [-0.4, -0.2) is 38.9 Å². The molecule has 0 spiro atoms. The third kappa shape index (κ3) is 2.40. The summed E-state index contributed by atoms with van der Waals surface area (Å²) < 4.78 is 1.88. The van der Waals surface area contributed by atoms with E-state index in [2.05, 4.69) is 15.1 Å². The van der Waals surface area contributed by atoms with Gasteiger partial charge in [-0.25, -0.2) is 4.79 Å². The zero-order chi connectivity index (χ0) is 14.1. The molecule has 2 aromatic rings. The molecular formula is C13H16N4O2S. The van der Waals surface area contributed by atoms with Crippen molar-refractivity contribution in [1.82, 2.24) is 14.8 Å². The maximum Gasteiger partial charge on any atom is 0.352 e. The number of piperidine rings is 1. The minimum atomic E-state index is -0.864. The Bertz CT molecular complexity index is 613. The molecule has 0 bridgehead atoms. The first kappa shape index (κ1) is 13.1. The zero-order valence-electron chi connectivity index (χ0n) is 11.2. The van der Waals surface area contributed by atoms with Crippen LogP contribution in [0.4, 0.5) is 5.13 Å². The molecule has 20 heavy (non-hydrogen) atoms. The number of carboxylic acids is 1. The quantitative estimate of drug-likeness (QED) is 0.939. The smallest absolute Gasteiger partial charge is 0.352 e. The number of nitrogens with zero attached hydrogens (tertiary/aromatic N) is 4. The second-order valence-corrected chi connectivity index (χ2v) is 6.09. The van der Waals surface area contributed by atoms with Crippen LogP contribution in [0.25, 0.3) is 0 Å². The average molecular weight is 292 g/mol. The zero-order valence-corrected chi connectivity index (χ0v) is 12.0. The molecule has 0 saturated carbocycles. The molecule has 3 rings (SSSR count). The number of aryl methyl sites for hydroxylation is 1. The van der Waals surface area contributed by atoms with Gasteiger partial charge in [0.05, 0.1) is 0 Å². The van der Waals surface area contributed by atoms with Crippen LogP contribution in [0.5, 0.6) is 0 Å². The number of carbonyl (C=O) groups is 1. The average Bonchev–Trinajstić information content (AvgIpc) is 3.07. The monoisotopic (exact) mass is 292 g/mol. The Kier molecular flexibility index (Phi) is 3.43. The molecule has 1 aliphatic rings. The highest BCUT2D eigenvalue weighted by Gasteiger charge is 2.24. The minimum Gasteiger partial charge on any atom is -0.477 e. The van der Waals surface area contributed by atoms with Gasteiger partial charge in [0.15, 0.2) is 0 Å². The maximum atomic E-state index is 11.2. The number of carboxylic acid groups (broad SMARTS) is 1. The van der Waals surface area contributed by atoms with E-state index in [1.165, 1.54) is 0 Å². The molecule has 7 heteroatoms. The predicted molar refractivity (Wildman–Crippen MR) is 76.5 cm³/mol. The van der Waals surface area contributed by atoms with Crippen LogP contribution in [0.3, 0.4) is 0 Å². The number of hydrogen-bond donors (Lipinski definition) is 1. The van der Waals surface area contributed by atoms with Gasteiger partial charge in [-0.05, 0) is 31.9 Å². The van der Waals surface area contributed by atoms with Crippen molar-refractivity contribution < 1.29 is 9.90 Å². The van der Waals surface area contributed by atoms with Crippen LogP contribution >= 0.6 is 11.3 Å². The lowest BCUT2D eigenvalue weighted by Crippen LogP contribution is -2.35. The first-order valence-electron chi connectivity index (χ1n) is 6.60. The van der Waals surface area contributed by atoms with E-state index in [9.17, 15) is 9.90 Å². The normalized spacial score (nSPS) is 16.6. The third-order valence-electron chi connectivity index (χ3n) is 3.64. The molecule has 1 aliphatic heterocycles. The van der Waals surface area contributed by atoms with Crippen molar-refractivity contribution in [3.63, 3.8) is 0 Å². The summed E-state index contributed by atoms with van der Waals surface area (Å²) in [5, 5.41) is 19.3. The second-order valence-electron chi connectivity index (χ2n) is 4.93. The molecule has 0 aromatic carbocycles. The van der Waals surface area contributed by atoms with Crippen LogP contribution in [-0.2, 0) is 0 Å². The highest BCUT2D eigenvalue weighted by Crippen LogP contribution is 2.29. The van der Waals surface area contributed by atoms with Crippen LogP contribution in [0.15, 0.2) is 18.3 Å². The molecule has 2 aromatic heterocycles. The summed E-state index contributed by atoms with van der Waals surface area (Å²) in [5.74, 6) is -0.864. The number of aromatic nitrogens is 3. The molecule has 106 valence electrons. The Hall–Kier alpha value is -1.89. The van der Waals surface area contributed by atoms with Crippen LogP contribution in [0.2, 0.25) is 0 Å². The van der Waals surface area contributed by atoms with E-state index < -0.39 is 5.97 Å². The van der Waals surface area contributed by atoms with Gasteiger partial charge in [-0.15, -0.1) is 10.2 Å². The van der Waals surface area contributed by atoms with Gasteiger partial charge in [-0.1, -0.05) is 11.3 Å². The first-order valence-corrected chi connectivity index (χ1v) is 7.42. The summed E-state index contributed by atoms with van der Waals surface area (Å²) in [4.78, 5) is 13.4. The first-order chi connectivity index (χ1) is 9.65. The molecule has 1 fully saturated rings. The van der Waals surface area contributed by atoms with Gasteiger partial charge in [0.25, 0.3) is 0 Å². The molecule has 0 atom stereocenters. The topological polar surface area (TPSA) is 71.2 Å². The highest BCUT2D eigenvalue weighted by molar-refractivity contribution is 7.15. The molecule has 0 amide bonds. The fraction of sp³-hybridized carbons (Fsp3) is 0.462. The van der Waals surface area contributed by atoms with Gasteiger partial charge in [0.1, 0.15) is 10.7 Å². The van der Waals surface area contributed by atoms with E-state index in [4.69, 9.17) is 0 Å². The maximum absolute atomic E-state index is 11.2. The molecule has 3 heterocycles. The Morgan fingerprint density at radius 3 is 2.75 bits per heavy atom. The molecule has 6 nitrogen and oxygen atoms in total. The summed E-state index contributed by atoms with van der Waals surface area (Å²) in [7, 11) is 0. The SMILES string of the molecule is Cc1nnc(N2CCC(n3cccc3C(=O)O)CC2)s1. The lowest BCUT2D eigenvalue weighted by molar-refractivity contribution is 0.0681. The lowest BCUT2D eigenvalue weighted by Gasteiger charge is -2.32. The van der Waals surface area contributed by atoms with Crippen molar-refractivity contribution in [3.05, 3.63) is 29.0 Å².